The van der Waals surface area contributed by atoms with E-state index in [0.29, 0.717) is 12.1 Å². The first-order valence-electron chi connectivity index (χ1n) is 5.89. The highest BCUT2D eigenvalue weighted by Crippen LogP contribution is 2.18. The highest BCUT2D eigenvalue weighted by Gasteiger charge is 2.11. The van der Waals surface area contributed by atoms with Crippen molar-refractivity contribution in [1.82, 2.24) is 5.32 Å². The fourth-order valence-corrected chi connectivity index (χ4v) is 1.82. The van der Waals surface area contributed by atoms with Gasteiger partial charge in [-0.25, -0.2) is 8.78 Å². The number of hydrogen-bond acceptors (Lipinski definition) is 1. The first-order chi connectivity index (χ1) is 8.66. The van der Waals surface area contributed by atoms with Gasteiger partial charge in [0.2, 0.25) is 0 Å². The Morgan fingerprint density at radius 2 is 1.78 bits per heavy atom. The highest BCUT2D eigenvalue weighted by molar-refractivity contribution is 5.22. The van der Waals surface area contributed by atoms with Crippen molar-refractivity contribution in [3.8, 4) is 0 Å². The van der Waals surface area contributed by atoms with Crippen molar-refractivity contribution in [2.24, 2.45) is 0 Å². The average molecular weight is 247 g/mol. The molecule has 0 aliphatic heterocycles. The summed E-state index contributed by atoms with van der Waals surface area (Å²) in [4.78, 5) is 0. The molecule has 18 heavy (non-hydrogen) atoms. The summed E-state index contributed by atoms with van der Waals surface area (Å²) in [5.41, 5.74) is 1.46. The van der Waals surface area contributed by atoms with Gasteiger partial charge < -0.3 is 5.32 Å². The molecule has 0 fully saturated rings. The van der Waals surface area contributed by atoms with Gasteiger partial charge in [0.05, 0.1) is 0 Å². The van der Waals surface area contributed by atoms with Gasteiger partial charge in [-0.3, -0.25) is 0 Å². The molecule has 1 N–H and O–H groups in total. The van der Waals surface area contributed by atoms with Crippen molar-refractivity contribution in [2.45, 2.75) is 19.5 Å². The topological polar surface area (TPSA) is 12.0 Å². The van der Waals surface area contributed by atoms with Gasteiger partial charge in [-0.05, 0) is 30.7 Å². The van der Waals surface area contributed by atoms with Crippen LogP contribution in [0.5, 0.6) is 0 Å². The van der Waals surface area contributed by atoms with Crippen molar-refractivity contribution in [1.29, 1.82) is 0 Å². The van der Waals surface area contributed by atoms with Crippen LogP contribution in [-0.2, 0) is 6.54 Å². The van der Waals surface area contributed by atoms with Gasteiger partial charge in [-0.2, -0.15) is 0 Å². The Morgan fingerprint density at radius 1 is 1.06 bits per heavy atom. The molecular formula is C15H15F2N. The van der Waals surface area contributed by atoms with Gasteiger partial charge in [0.25, 0.3) is 0 Å². The predicted octanol–water partition coefficient (Wildman–Crippen LogP) is 3.82. The lowest BCUT2D eigenvalue weighted by atomic mass is 10.1. The molecule has 0 heterocycles. The molecule has 0 aliphatic rings. The average Bonchev–Trinajstić information content (AvgIpc) is 2.40. The fourth-order valence-electron chi connectivity index (χ4n) is 1.82. The molecule has 2 rings (SSSR count). The maximum Gasteiger partial charge on any atom is 0.128 e. The fraction of sp³-hybridized carbons (Fsp3) is 0.200. The minimum atomic E-state index is -0.417. The zero-order valence-electron chi connectivity index (χ0n) is 10.2. The minimum Gasteiger partial charge on any atom is -0.306 e. The molecule has 0 radical (unpaired) electrons. The van der Waals surface area contributed by atoms with Crippen LogP contribution >= 0.6 is 0 Å². The summed E-state index contributed by atoms with van der Waals surface area (Å²) in [7, 11) is 0. The summed E-state index contributed by atoms with van der Waals surface area (Å²) in [6.07, 6.45) is 0. The number of halogens is 2. The smallest absolute Gasteiger partial charge is 0.128 e. The van der Waals surface area contributed by atoms with Gasteiger partial charge in [-0.15, -0.1) is 0 Å². The molecule has 2 aromatic rings. The Bertz CT molecular complexity index is 511. The second-order valence-corrected chi connectivity index (χ2v) is 4.25. The van der Waals surface area contributed by atoms with E-state index in [1.54, 1.807) is 0 Å². The molecular weight excluding hydrogens is 232 g/mol. The van der Waals surface area contributed by atoms with Crippen LogP contribution in [-0.4, -0.2) is 0 Å². The van der Waals surface area contributed by atoms with E-state index in [2.05, 4.69) is 5.32 Å². The molecule has 2 aromatic carbocycles. The van der Waals surface area contributed by atoms with Crippen LogP contribution in [0.1, 0.15) is 24.1 Å². The molecule has 94 valence electrons. The lowest BCUT2D eigenvalue weighted by Gasteiger charge is -2.15. The van der Waals surface area contributed by atoms with Crippen LogP contribution in [0.25, 0.3) is 0 Å². The van der Waals surface area contributed by atoms with Gasteiger partial charge in [-0.1, -0.05) is 30.3 Å². The van der Waals surface area contributed by atoms with Crippen molar-refractivity contribution in [3.05, 3.63) is 71.3 Å². The van der Waals surface area contributed by atoms with Crippen LogP contribution in [0, 0.1) is 11.6 Å². The Kier molecular flexibility index (Phi) is 4.05. The summed E-state index contributed by atoms with van der Waals surface area (Å²) in [5, 5.41) is 3.18. The third kappa shape index (κ3) is 3.14. The molecule has 1 unspecified atom stereocenters. The Labute approximate surface area is 105 Å². The molecule has 1 nitrogen and oxygen atoms in total. The molecule has 0 bridgehead atoms. The second kappa shape index (κ2) is 5.74. The maximum atomic E-state index is 13.5. The number of benzene rings is 2. The molecule has 0 aromatic heterocycles. The number of rotatable bonds is 4. The molecule has 0 aliphatic carbocycles. The maximum absolute atomic E-state index is 13.5. The van der Waals surface area contributed by atoms with Crippen molar-refractivity contribution in [3.63, 3.8) is 0 Å². The van der Waals surface area contributed by atoms with E-state index in [1.165, 1.54) is 6.07 Å². The molecule has 0 saturated heterocycles. The SMILES string of the molecule is CC(NCc1ccccc1)c1cc(F)ccc1F. The molecule has 0 saturated carbocycles. The van der Waals surface area contributed by atoms with Gasteiger partial charge in [0, 0.05) is 18.2 Å². The van der Waals surface area contributed by atoms with Gasteiger partial charge >= 0.3 is 0 Å². The highest BCUT2D eigenvalue weighted by atomic mass is 19.1. The Morgan fingerprint density at radius 3 is 2.50 bits per heavy atom. The van der Waals surface area contributed by atoms with E-state index < -0.39 is 5.82 Å². The number of nitrogens with one attached hydrogen (secondary N) is 1. The van der Waals surface area contributed by atoms with Crippen LogP contribution in [0.2, 0.25) is 0 Å². The lowest BCUT2D eigenvalue weighted by Crippen LogP contribution is -2.19. The number of hydrogen-bond donors (Lipinski definition) is 1. The van der Waals surface area contributed by atoms with E-state index in [1.807, 2.05) is 37.3 Å². The second-order valence-electron chi connectivity index (χ2n) is 4.25. The summed E-state index contributed by atoms with van der Waals surface area (Å²) in [6.45, 7) is 2.44. The van der Waals surface area contributed by atoms with Crippen molar-refractivity contribution >= 4 is 0 Å². The quantitative estimate of drug-likeness (QED) is 0.866. The minimum absolute atomic E-state index is 0.235. The van der Waals surface area contributed by atoms with Crippen molar-refractivity contribution < 1.29 is 8.78 Å². The first-order valence-corrected chi connectivity index (χ1v) is 5.89. The predicted molar refractivity (Wildman–Crippen MR) is 68.1 cm³/mol. The Hall–Kier alpha value is -1.74. The zero-order chi connectivity index (χ0) is 13.0. The first kappa shape index (κ1) is 12.7. The lowest BCUT2D eigenvalue weighted by molar-refractivity contribution is 0.518. The van der Waals surface area contributed by atoms with E-state index >= 15 is 0 Å². The molecule has 0 amide bonds. The normalized spacial score (nSPS) is 12.4. The van der Waals surface area contributed by atoms with Crippen LogP contribution in [0.15, 0.2) is 48.5 Å². The third-order valence-corrected chi connectivity index (χ3v) is 2.88. The summed E-state index contributed by atoms with van der Waals surface area (Å²) < 4.78 is 26.6. The van der Waals surface area contributed by atoms with Gasteiger partial charge in [0.15, 0.2) is 0 Å². The standard InChI is InChI=1S/C15H15F2N/c1-11(14-9-13(16)7-8-15(14)17)18-10-12-5-3-2-4-6-12/h2-9,11,18H,10H2,1H3. The molecule has 1 atom stereocenters. The van der Waals surface area contributed by atoms with Crippen LogP contribution in [0.3, 0.4) is 0 Å². The monoisotopic (exact) mass is 247 g/mol. The molecule has 0 spiro atoms. The van der Waals surface area contributed by atoms with Crippen LogP contribution in [0.4, 0.5) is 8.78 Å². The summed E-state index contributed by atoms with van der Waals surface area (Å²) in [6, 6.07) is 13.1. The van der Waals surface area contributed by atoms with E-state index in [4.69, 9.17) is 0 Å². The Balaban J connectivity index is 2.03. The molecule has 3 heteroatoms. The zero-order valence-corrected chi connectivity index (χ0v) is 10.2. The summed E-state index contributed by atoms with van der Waals surface area (Å²) >= 11 is 0. The van der Waals surface area contributed by atoms with E-state index in [-0.39, 0.29) is 11.9 Å². The van der Waals surface area contributed by atoms with E-state index in [0.717, 1.165) is 17.7 Å². The largest absolute Gasteiger partial charge is 0.306 e. The summed E-state index contributed by atoms with van der Waals surface area (Å²) in [5.74, 6) is -0.802. The van der Waals surface area contributed by atoms with E-state index in [9.17, 15) is 8.78 Å². The van der Waals surface area contributed by atoms with Crippen LogP contribution < -0.4 is 5.32 Å². The van der Waals surface area contributed by atoms with Crippen molar-refractivity contribution in [2.75, 3.05) is 0 Å². The third-order valence-electron chi connectivity index (χ3n) is 2.88. The van der Waals surface area contributed by atoms with Gasteiger partial charge in [0.1, 0.15) is 11.6 Å².